The molecular weight excluding hydrogens is 274 g/mol. The van der Waals surface area contributed by atoms with Crippen LogP contribution >= 0.6 is 11.6 Å². The van der Waals surface area contributed by atoms with E-state index in [1.807, 2.05) is 24.3 Å². The number of hydrogen-bond acceptors (Lipinski definition) is 4. The normalized spacial score (nSPS) is 16.2. The van der Waals surface area contributed by atoms with Gasteiger partial charge < -0.3 is 9.84 Å². The van der Waals surface area contributed by atoms with Gasteiger partial charge in [-0.15, -0.1) is 0 Å². The lowest BCUT2D eigenvalue weighted by Gasteiger charge is -2.17. The number of nitrogens with one attached hydrogen (secondary N) is 1. The monoisotopic (exact) mass is 291 g/mol. The molecule has 106 valence electrons. The number of nitrogens with zero attached hydrogens (tertiary/aromatic N) is 2. The van der Waals surface area contributed by atoms with Crippen molar-refractivity contribution >= 4 is 17.3 Å². The highest BCUT2D eigenvalue weighted by Crippen LogP contribution is 2.30. The fourth-order valence-corrected chi connectivity index (χ4v) is 2.83. The summed E-state index contributed by atoms with van der Waals surface area (Å²) in [5, 5.41) is 8.07. The first-order chi connectivity index (χ1) is 9.81. The highest BCUT2D eigenvalue weighted by molar-refractivity contribution is 6.30. The summed E-state index contributed by atoms with van der Waals surface area (Å²) in [6, 6.07) is 7.59. The van der Waals surface area contributed by atoms with Crippen molar-refractivity contribution in [3.05, 3.63) is 41.0 Å². The molecule has 0 radical (unpaired) electrons. The summed E-state index contributed by atoms with van der Waals surface area (Å²) in [4.78, 5) is 4.50. The van der Waals surface area contributed by atoms with E-state index in [4.69, 9.17) is 16.1 Å². The molecule has 1 N–H and O–H groups in total. The molecule has 0 bridgehead atoms. The average Bonchev–Trinajstić information content (AvgIpc) is 2.95. The first kappa shape index (κ1) is 13.4. The van der Waals surface area contributed by atoms with Crippen molar-refractivity contribution in [2.75, 3.05) is 5.32 Å². The molecule has 1 aromatic carbocycles. The van der Waals surface area contributed by atoms with E-state index in [1.54, 1.807) is 0 Å². The highest BCUT2D eigenvalue weighted by atomic mass is 35.5. The van der Waals surface area contributed by atoms with Gasteiger partial charge in [-0.05, 0) is 31.0 Å². The van der Waals surface area contributed by atoms with Crippen LogP contribution < -0.4 is 5.32 Å². The van der Waals surface area contributed by atoms with Gasteiger partial charge >= 0.3 is 0 Å². The largest absolute Gasteiger partial charge is 0.376 e. The molecule has 1 aliphatic carbocycles. The molecule has 1 aliphatic rings. The summed E-state index contributed by atoms with van der Waals surface area (Å²) in [6.45, 7) is 0.528. The minimum Gasteiger partial charge on any atom is -0.376 e. The van der Waals surface area contributed by atoms with Crippen LogP contribution in [0.4, 0.5) is 5.69 Å². The van der Waals surface area contributed by atoms with Crippen molar-refractivity contribution < 1.29 is 4.52 Å². The molecule has 5 heteroatoms. The lowest BCUT2D eigenvalue weighted by atomic mass is 9.89. The Morgan fingerprint density at radius 2 is 2.10 bits per heavy atom. The van der Waals surface area contributed by atoms with E-state index in [9.17, 15) is 0 Å². The fourth-order valence-electron chi connectivity index (χ4n) is 2.64. The average molecular weight is 292 g/mol. The predicted octanol–water partition coefficient (Wildman–Crippen LogP) is 4.38. The van der Waals surface area contributed by atoms with Crippen LogP contribution in [0, 0.1) is 0 Å². The van der Waals surface area contributed by atoms with E-state index in [1.165, 1.54) is 32.1 Å². The topological polar surface area (TPSA) is 51.0 Å². The van der Waals surface area contributed by atoms with Crippen LogP contribution in [0.3, 0.4) is 0 Å². The number of benzene rings is 1. The molecule has 0 unspecified atom stereocenters. The summed E-state index contributed by atoms with van der Waals surface area (Å²) in [7, 11) is 0. The Bertz CT molecular complexity index is 564. The third-order valence-electron chi connectivity index (χ3n) is 3.72. The Morgan fingerprint density at radius 3 is 2.90 bits per heavy atom. The molecule has 0 atom stereocenters. The third-order valence-corrected chi connectivity index (χ3v) is 3.96. The first-order valence-electron chi connectivity index (χ1n) is 7.13. The number of anilines is 1. The zero-order valence-electron chi connectivity index (χ0n) is 11.3. The van der Waals surface area contributed by atoms with Crippen molar-refractivity contribution in [1.29, 1.82) is 0 Å². The van der Waals surface area contributed by atoms with Gasteiger partial charge in [0.15, 0.2) is 5.82 Å². The van der Waals surface area contributed by atoms with E-state index in [-0.39, 0.29) is 0 Å². The second-order valence-corrected chi connectivity index (χ2v) is 5.68. The number of rotatable bonds is 4. The van der Waals surface area contributed by atoms with E-state index < -0.39 is 0 Å². The van der Waals surface area contributed by atoms with Gasteiger partial charge in [0.1, 0.15) is 0 Å². The van der Waals surface area contributed by atoms with Crippen LogP contribution in [0.25, 0.3) is 0 Å². The Hall–Kier alpha value is -1.55. The molecule has 1 aromatic heterocycles. The van der Waals surface area contributed by atoms with Gasteiger partial charge in [0, 0.05) is 16.6 Å². The van der Waals surface area contributed by atoms with Gasteiger partial charge in [-0.1, -0.05) is 42.1 Å². The SMILES string of the molecule is Clc1cccc(NCc2nc(C3CCCCC3)no2)c1. The van der Waals surface area contributed by atoms with Crippen LogP contribution in [-0.2, 0) is 6.54 Å². The molecule has 0 saturated heterocycles. The number of aromatic nitrogens is 2. The maximum Gasteiger partial charge on any atom is 0.245 e. The van der Waals surface area contributed by atoms with Gasteiger partial charge in [0.25, 0.3) is 0 Å². The second-order valence-electron chi connectivity index (χ2n) is 5.25. The molecule has 1 heterocycles. The second kappa shape index (κ2) is 6.27. The zero-order valence-corrected chi connectivity index (χ0v) is 12.1. The van der Waals surface area contributed by atoms with Gasteiger partial charge in [-0.3, -0.25) is 0 Å². The van der Waals surface area contributed by atoms with Crippen LogP contribution in [0.1, 0.15) is 49.7 Å². The number of halogens is 1. The quantitative estimate of drug-likeness (QED) is 0.908. The van der Waals surface area contributed by atoms with Gasteiger partial charge in [-0.2, -0.15) is 4.98 Å². The molecule has 0 spiro atoms. The minimum absolute atomic E-state index is 0.479. The minimum atomic E-state index is 0.479. The maximum atomic E-state index is 5.94. The molecule has 1 saturated carbocycles. The van der Waals surface area contributed by atoms with Crippen LogP contribution in [0.5, 0.6) is 0 Å². The van der Waals surface area contributed by atoms with Crippen molar-refractivity contribution in [1.82, 2.24) is 10.1 Å². The highest BCUT2D eigenvalue weighted by Gasteiger charge is 2.20. The Kier molecular flexibility index (Phi) is 4.21. The summed E-state index contributed by atoms with van der Waals surface area (Å²) in [6.07, 6.45) is 6.24. The smallest absolute Gasteiger partial charge is 0.245 e. The van der Waals surface area contributed by atoms with Crippen LogP contribution in [-0.4, -0.2) is 10.1 Å². The number of hydrogen-bond donors (Lipinski definition) is 1. The summed E-state index contributed by atoms with van der Waals surface area (Å²) in [5.41, 5.74) is 0.954. The molecular formula is C15H18ClN3O. The van der Waals surface area contributed by atoms with Crippen LogP contribution in [0.2, 0.25) is 5.02 Å². The van der Waals surface area contributed by atoms with Crippen LogP contribution in [0.15, 0.2) is 28.8 Å². The maximum absolute atomic E-state index is 5.94. The lowest BCUT2D eigenvalue weighted by Crippen LogP contribution is -2.06. The summed E-state index contributed by atoms with van der Waals surface area (Å²) >= 11 is 5.94. The van der Waals surface area contributed by atoms with Crippen molar-refractivity contribution in [3.8, 4) is 0 Å². The van der Waals surface area contributed by atoms with Crippen molar-refractivity contribution in [2.45, 2.75) is 44.6 Å². The Morgan fingerprint density at radius 1 is 1.25 bits per heavy atom. The summed E-state index contributed by atoms with van der Waals surface area (Å²) < 4.78 is 5.31. The predicted molar refractivity (Wildman–Crippen MR) is 78.9 cm³/mol. The van der Waals surface area contributed by atoms with Gasteiger partial charge in [-0.25, -0.2) is 0 Å². The van der Waals surface area contributed by atoms with E-state index in [2.05, 4.69) is 15.5 Å². The molecule has 0 amide bonds. The zero-order chi connectivity index (χ0) is 13.8. The third kappa shape index (κ3) is 3.31. The fraction of sp³-hybridized carbons (Fsp3) is 0.467. The Labute approximate surface area is 123 Å². The van der Waals surface area contributed by atoms with Gasteiger partial charge in [0.05, 0.1) is 6.54 Å². The van der Waals surface area contributed by atoms with Crippen molar-refractivity contribution in [3.63, 3.8) is 0 Å². The van der Waals surface area contributed by atoms with E-state index in [0.29, 0.717) is 23.4 Å². The lowest BCUT2D eigenvalue weighted by molar-refractivity contribution is 0.361. The molecule has 3 rings (SSSR count). The van der Waals surface area contributed by atoms with E-state index in [0.717, 1.165) is 11.5 Å². The molecule has 2 aromatic rings. The van der Waals surface area contributed by atoms with Crippen molar-refractivity contribution in [2.24, 2.45) is 0 Å². The standard InChI is InChI=1S/C15H18ClN3O/c16-12-7-4-8-13(9-12)17-10-14-18-15(19-20-14)11-5-2-1-3-6-11/h4,7-9,11,17H,1-3,5-6,10H2. The molecule has 4 nitrogen and oxygen atoms in total. The summed E-state index contributed by atoms with van der Waals surface area (Å²) in [5.74, 6) is 1.98. The first-order valence-corrected chi connectivity index (χ1v) is 7.51. The molecule has 20 heavy (non-hydrogen) atoms. The van der Waals surface area contributed by atoms with Gasteiger partial charge in [0.2, 0.25) is 5.89 Å². The Balaban J connectivity index is 1.59. The molecule has 0 aliphatic heterocycles. The van der Waals surface area contributed by atoms with E-state index >= 15 is 0 Å². The molecule has 1 fully saturated rings.